The number of aliphatic hydroxyl groups is 1. The average Bonchev–Trinajstić information content (AvgIpc) is 2.77. The van der Waals surface area contributed by atoms with Crippen molar-refractivity contribution in [3.8, 4) is 11.5 Å². The fourth-order valence-electron chi connectivity index (χ4n) is 2.00. The molecule has 1 heterocycles. The lowest BCUT2D eigenvalue weighted by Gasteiger charge is -2.10. The van der Waals surface area contributed by atoms with Crippen molar-refractivity contribution < 1.29 is 14.6 Å². The summed E-state index contributed by atoms with van der Waals surface area (Å²) in [7, 11) is 0. The van der Waals surface area contributed by atoms with Crippen LogP contribution in [0.15, 0.2) is 12.1 Å². The van der Waals surface area contributed by atoms with Gasteiger partial charge < -0.3 is 14.6 Å². The van der Waals surface area contributed by atoms with Crippen molar-refractivity contribution >= 4 is 0 Å². The van der Waals surface area contributed by atoms with Crippen molar-refractivity contribution in [2.24, 2.45) is 0 Å². The van der Waals surface area contributed by atoms with Crippen LogP contribution in [-0.2, 0) is 6.42 Å². The highest BCUT2D eigenvalue weighted by Crippen LogP contribution is 2.44. The SMILES string of the molecule is Cc1ccc(CC2(O)CC2)c2c1OCO2. The van der Waals surface area contributed by atoms with Gasteiger partial charge in [-0.2, -0.15) is 0 Å². The molecular weight excluding hydrogens is 192 g/mol. The maximum absolute atomic E-state index is 9.89. The van der Waals surface area contributed by atoms with E-state index in [4.69, 9.17) is 9.47 Å². The first-order chi connectivity index (χ1) is 7.18. The van der Waals surface area contributed by atoms with Crippen molar-refractivity contribution in [3.63, 3.8) is 0 Å². The van der Waals surface area contributed by atoms with E-state index in [1.165, 1.54) is 0 Å². The second-order valence-corrected chi connectivity index (χ2v) is 4.51. The van der Waals surface area contributed by atoms with Crippen molar-refractivity contribution in [1.82, 2.24) is 0 Å². The van der Waals surface area contributed by atoms with Crippen LogP contribution in [0.25, 0.3) is 0 Å². The average molecular weight is 206 g/mol. The fraction of sp³-hybridized carbons (Fsp3) is 0.500. The lowest BCUT2D eigenvalue weighted by atomic mass is 10.0. The molecule has 1 N–H and O–H groups in total. The van der Waals surface area contributed by atoms with Crippen LogP contribution < -0.4 is 9.47 Å². The summed E-state index contributed by atoms with van der Waals surface area (Å²) in [5.74, 6) is 1.67. The molecule has 80 valence electrons. The van der Waals surface area contributed by atoms with Crippen molar-refractivity contribution in [2.75, 3.05) is 6.79 Å². The van der Waals surface area contributed by atoms with Crippen molar-refractivity contribution in [2.45, 2.75) is 31.8 Å². The standard InChI is InChI=1S/C12H14O3/c1-8-2-3-9(6-12(13)4-5-12)11-10(8)14-7-15-11/h2-3,13H,4-7H2,1H3. The molecule has 0 radical (unpaired) electrons. The van der Waals surface area contributed by atoms with E-state index in [2.05, 4.69) is 0 Å². The van der Waals surface area contributed by atoms with Gasteiger partial charge in [0.05, 0.1) is 5.60 Å². The van der Waals surface area contributed by atoms with Gasteiger partial charge >= 0.3 is 0 Å². The maximum Gasteiger partial charge on any atom is 0.231 e. The van der Waals surface area contributed by atoms with Gasteiger partial charge in [0.2, 0.25) is 6.79 Å². The lowest BCUT2D eigenvalue weighted by molar-refractivity contribution is 0.147. The molecule has 1 aliphatic heterocycles. The molecule has 0 unspecified atom stereocenters. The monoisotopic (exact) mass is 206 g/mol. The van der Waals surface area contributed by atoms with Crippen LogP contribution in [0.5, 0.6) is 11.5 Å². The molecule has 0 amide bonds. The van der Waals surface area contributed by atoms with Crippen LogP contribution in [0.4, 0.5) is 0 Å². The highest BCUT2D eigenvalue weighted by Gasteiger charge is 2.41. The number of rotatable bonds is 2. The first-order valence-corrected chi connectivity index (χ1v) is 5.28. The van der Waals surface area contributed by atoms with Crippen LogP contribution in [0.3, 0.4) is 0 Å². The summed E-state index contributed by atoms with van der Waals surface area (Å²) in [6.07, 6.45) is 2.48. The quantitative estimate of drug-likeness (QED) is 0.801. The molecule has 1 aromatic rings. The van der Waals surface area contributed by atoms with E-state index in [-0.39, 0.29) is 0 Å². The molecule has 1 aliphatic carbocycles. The van der Waals surface area contributed by atoms with Gasteiger partial charge in [0.15, 0.2) is 11.5 Å². The molecule has 15 heavy (non-hydrogen) atoms. The van der Waals surface area contributed by atoms with E-state index in [1.807, 2.05) is 19.1 Å². The summed E-state index contributed by atoms with van der Waals surface area (Å²) in [4.78, 5) is 0. The second-order valence-electron chi connectivity index (χ2n) is 4.51. The third-order valence-corrected chi connectivity index (χ3v) is 3.14. The molecule has 0 spiro atoms. The smallest absolute Gasteiger partial charge is 0.231 e. The molecular formula is C12H14O3. The normalized spacial score (nSPS) is 20.4. The van der Waals surface area contributed by atoms with Crippen LogP contribution in [0.1, 0.15) is 24.0 Å². The summed E-state index contributed by atoms with van der Waals surface area (Å²) in [5.41, 5.74) is 1.68. The van der Waals surface area contributed by atoms with Gasteiger partial charge in [-0.05, 0) is 25.3 Å². The number of hydrogen-bond acceptors (Lipinski definition) is 3. The maximum atomic E-state index is 9.89. The molecule has 1 saturated carbocycles. The minimum Gasteiger partial charge on any atom is -0.453 e. The lowest BCUT2D eigenvalue weighted by Crippen LogP contribution is -2.11. The molecule has 0 saturated heterocycles. The topological polar surface area (TPSA) is 38.7 Å². The Morgan fingerprint density at radius 3 is 2.73 bits per heavy atom. The summed E-state index contributed by atoms with van der Waals surface area (Å²) in [5, 5.41) is 9.89. The van der Waals surface area contributed by atoms with E-state index in [0.29, 0.717) is 13.2 Å². The fourth-order valence-corrected chi connectivity index (χ4v) is 2.00. The van der Waals surface area contributed by atoms with Gasteiger partial charge in [-0.15, -0.1) is 0 Å². The Labute approximate surface area is 88.6 Å². The minimum absolute atomic E-state index is 0.297. The van der Waals surface area contributed by atoms with E-state index in [1.54, 1.807) is 0 Å². The van der Waals surface area contributed by atoms with E-state index in [9.17, 15) is 5.11 Å². The van der Waals surface area contributed by atoms with Crippen LogP contribution in [-0.4, -0.2) is 17.5 Å². The first-order valence-electron chi connectivity index (χ1n) is 5.28. The van der Waals surface area contributed by atoms with Crippen LogP contribution in [0, 0.1) is 6.92 Å². The highest BCUT2D eigenvalue weighted by atomic mass is 16.7. The van der Waals surface area contributed by atoms with E-state index >= 15 is 0 Å². The van der Waals surface area contributed by atoms with Gasteiger partial charge in [-0.1, -0.05) is 12.1 Å². The van der Waals surface area contributed by atoms with Gasteiger partial charge in [0.25, 0.3) is 0 Å². The Kier molecular flexibility index (Phi) is 1.74. The third kappa shape index (κ3) is 1.47. The summed E-state index contributed by atoms with van der Waals surface area (Å²) >= 11 is 0. The molecule has 3 heteroatoms. The van der Waals surface area contributed by atoms with Crippen LogP contribution >= 0.6 is 0 Å². The first kappa shape index (κ1) is 9.04. The van der Waals surface area contributed by atoms with Gasteiger partial charge in [-0.3, -0.25) is 0 Å². The summed E-state index contributed by atoms with van der Waals surface area (Å²) in [6.45, 7) is 2.30. The molecule has 0 bridgehead atoms. The Balaban J connectivity index is 1.98. The van der Waals surface area contributed by atoms with Gasteiger partial charge in [0, 0.05) is 12.0 Å². The zero-order valence-electron chi connectivity index (χ0n) is 8.75. The summed E-state index contributed by atoms with van der Waals surface area (Å²) in [6, 6.07) is 4.05. The largest absolute Gasteiger partial charge is 0.453 e. The van der Waals surface area contributed by atoms with Crippen molar-refractivity contribution in [1.29, 1.82) is 0 Å². The number of fused-ring (bicyclic) bond motifs is 1. The minimum atomic E-state index is -0.477. The van der Waals surface area contributed by atoms with E-state index < -0.39 is 5.60 Å². The zero-order valence-corrected chi connectivity index (χ0v) is 8.75. The number of ether oxygens (including phenoxy) is 2. The number of aryl methyl sites for hydroxylation is 1. The van der Waals surface area contributed by atoms with E-state index in [0.717, 1.165) is 35.5 Å². The van der Waals surface area contributed by atoms with Crippen LogP contribution in [0.2, 0.25) is 0 Å². The molecule has 2 aliphatic rings. The molecule has 3 nitrogen and oxygen atoms in total. The zero-order chi connectivity index (χ0) is 10.5. The van der Waals surface area contributed by atoms with Gasteiger partial charge in [-0.25, -0.2) is 0 Å². The predicted octanol–water partition coefficient (Wildman–Crippen LogP) is 1.79. The third-order valence-electron chi connectivity index (χ3n) is 3.14. The molecule has 0 atom stereocenters. The van der Waals surface area contributed by atoms with Gasteiger partial charge in [0.1, 0.15) is 0 Å². The Morgan fingerprint density at radius 2 is 2.00 bits per heavy atom. The predicted molar refractivity (Wildman–Crippen MR) is 55.2 cm³/mol. The molecule has 1 fully saturated rings. The Morgan fingerprint density at radius 1 is 1.27 bits per heavy atom. The summed E-state index contributed by atoms with van der Waals surface area (Å²) < 4.78 is 10.9. The molecule has 3 rings (SSSR count). The second kappa shape index (κ2) is 2.89. The Hall–Kier alpha value is -1.22. The molecule has 1 aromatic carbocycles. The Bertz CT molecular complexity index is 408. The number of hydrogen-bond donors (Lipinski definition) is 1. The number of benzene rings is 1. The molecule has 0 aromatic heterocycles. The van der Waals surface area contributed by atoms with Crippen molar-refractivity contribution in [3.05, 3.63) is 23.3 Å². The highest BCUT2D eigenvalue weighted by molar-refractivity contribution is 5.53.